The zero-order valence-electron chi connectivity index (χ0n) is 9.78. The summed E-state index contributed by atoms with van der Waals surface area (Å²) in [5, 5.41) is 18.1. The third kappa shape index (κ3) is 4.11. The molecule has 0 unspecified atom stereocenters. The van der Waals surface area contributed by atoms with Gasteiger partial charge in [-0.25, -0.2) is 0 Å². The number of unbranched alkanes of at least 4 members (excludes halogenated alkanes) is 3. The van der Waals surface area contributed by atoms with Crippen molar-refractivity contribution < 1.29 is 14.9 Å². The lowest BCUT2D eigenvalue weighted by molar-refractivity contribution is 0.282. The Labute approximate surface area is 96.7 Å². The number of aliphatic hydroxyl groups excluding tert-OH is 1. The summed E-state index contributed by atoms with van der Waals surface area (Å²) in [7, 11) is 1.56. The van der Waals surface area contributed by atoms with E-state index in [9.17, 15) is 5.11 Å². The molecule has 1 aromatic rings. The van der Waals surface area contributed by atoms with E-state index < -0.39 is 0 Å². The quantitative estimate of drug-likeness (QED) is 0.700. The van der Waals surface area contributed by atoms with Crippen molar-refractivity contribution in [3.8, 4) is 11.5 Å². The predicted octanol–water partition coefficient (Wildman–Crippen LogP) is 2.50. The minimum atomic E-state index is 0.187. The number of aliphatic hydroxyl groups is 1. The molecule has 0 aliphatic carbocycles. The van der Waals surface area contributed by atoms with Gasteiger partial charge in [0.15, 0.2) is 11.5 Å². The standard InChI is InChI=1S/C13H20O3/c1-16-13-10-11(7-8-12(13)15)6-4-2-3-5-9-14/h7-8,10,14-15H,2-6,9H2,1H3. The first-order valence-corrected chi connectivity index (χ1v) is 5.74. The number of hydrogen-bond donors (Lipinski definition) is 2. The van der Waals surface area contributed by atoms with Gasteiger partial charge in [-0.05, 0) is 37.0 Å². The summed E-state index contributed by atoms with van der Waals surface area (Å²) in [6.45, 7) is 0.285. The van der Waals surface area contributed by atoms with Gasteiger partial charge in [0.25, 0.3) is 0 Å². The van der Waals surface area contributed by atoms with Crippen LogP contribution in [-0.4, -0.2) is 23.9 Å². The van der Waals surface area contributed by atoms with Crippen LogP contribution < -0.4 is 4.74 Å². The maximum Gasteiger partial charge on any atom is 0.160 e. The molecule has 3 heteroatoms. The Morgan fingerprint density at radius 2 is 1.88 bits per heavy atom. The number of aromatic hydroxyl groups is 1. The van der Waals surface area contributed by atoms with E-state index in [0.29, 0.717) is 5.75 Å². The first kappa shape index (κ1) is 12.8. The molecule has 1 rings (SSSR count). The maximum atomic E-state index is 9.42. The zero-order chi connectivity index (χ0) is 11.8. The highest BCUT2D eigenvalue weighted by molar-refractivity contribution is 5.41. The van der Waals surface area contributed by atoms with Crippen LogP contribution >= 0.6 is 0 Å². The molecule has 0 saturated carbocycles. The largest absolute Gasteiger partial charge is 0.504 e. The normalized spacial score (nSPS) is 10.4. The van der Waals surface area contributed by atoms with Crippen LogP contribution in [-0.2, 0) is 6.42 Å². The first-order chi connectivity index (χ1) is 7.77. The van der Waals surface area contributed by atoms with Gasteiger partial charge in [0, 0.05) is 6.61 Å². The average molecular weight is 224 g/mol. The minimum absolute atomic E-state index is 0.187. The van der Waals surface area contributed by atoms with Crippen molar-refractivity contribution >= 4 is 0 Å². The van der Waals surface area contributed by atoms with Crippen molar-refractivity contribution in [2.75, 3.05) is 13.7 Å². The third-order valence-electron chi connectivity index (χ3n) is 2.62. The van der Waals surface area contributed by atoms with E-state index in [4.69, 9.17) is 9.84 Å². The van der Waals surface area contributed by atoms with Gasteiger partial charge in [-0.2, -0.15) is 0 Å². The molecule has 0 bridgehead atoms. The summed E-state index contributed by atoms with van der Waals surface area (Å²) in [5.41, 5.74) is 1.18. The fraction of sp³-hybridized carbons (Fsp3) is 0.538. The molecule has 90 valence electrons. The monoisotopic (exact) mass is 224 g/mol. The SMILES string of the molecule is COc1cc(CCCCCCO)ccc1O. The maximum absolute atomic E-state index is 9.42. The van der Waals surface area contributed by atoms with E-state index in [-0.39, 0.29) is 12.4 Å². The number of rotatable bonds is 7. The first-order valence-electron chi connectivity index (χ1n) is 5.74. The van der Waals surface area contributed by atoms with Crippen molar-refractivity contribution in [2.24, 2.45) is 0 Å². The summed E-state index contributed by atoms with van der Waals surface area (Å²) < 4.78 is 5.05. The Morgan fingerprint density at radius 3 is 2.56 bits per heavy atom. The predicted molar refractivity (Wildman–Crippen MR) is 63.9 cm³/mol. The van der Waals surface area contributed by atoms with E-state index in [0.717, 1.165) is 32.1 Å². The molecule has 16 heavy (non-hydrogen) atoms. The number of hydrogen-bond acceptors (Lipinski definition) is 3. The van der Waals surface area contributed by atoms with Gasteiger partial charge in [-0.3, -0.25) is 0 Å². The summed E-state index contributed by atoms with van der Waals surface area (Å²) in [5.74, 6) is 0.722. The number of ether oxygens (including phenoxy) is 1. The van der Waals surface area contributed by atoms with Crippen molar-refractivity contribution in [1.29, 1.82) is 0 Å². The molecule has 2 N–H and O–H groups in total. The van der Waals surface area contributed by atoms with Crippen LogP contribution in [0.15, 0.2) is 18.2 Å². The molecular weight excluding hydrogens is 204 g/mol. The Balaban J connectivity index is 2.36. The van der Waals surface area contributed by atoms with Crippen LogP contribution in [0.3, 0.4) is 0 Å². The van der Waals surface area contributed by atoms with Crippen molar-refractivity contribution in [2.45, 2.75) is 32.1 Å². The van der Waals surface area contributed by atoms with Crippen LogP contribution in [0.25, 0.3) is 0 Å². The topological polar surface area (TPSA) is 49.7 Å². The molecule has 0 aliphatic heterocycles. The van der Waals surface area contributed by atoms with E-state index in [1.54, 1.807) is 13.2 Å². The molecule has 0 spiro atoms. The summed E-state index contributed by atoms with van der Waals surface area (Å²) in [6, 6.07) is 5.47. The summed E-state index contributed by atoms with van der Waals surface area (Å²) >= 11 is 0. The van der Waals surface area contributed by atoms with Gasteiger partial charge < -0.3 is 14.9 Å². The Hall–Kier alpha value is -1.22. The smallest absolute Gasteiger partial charge is 0.160 e. The molecule has 0 aromatic heterocycles. The highest BCUT2D eigenvalue weighted by atomic mass is 16.5. The van der Waals surface area contributed by atoms with Gasteiger partial charge in [0.05, 0.1) is 7.11 Å². The van der Waals surface area contributed by atoms with Gasteiger partial charge >= 0.3 is 0 Å². The Bertz CT molecular complexity index is 310. The zero-order valence-corrected chi connectivity index (χ0v) is 9.78. The second kappa shape index (κ2) is 7.12. The van der Waals surface area contributed by atoms with E-state index >= 15 is 0 Å². The Kier molecular flexibility index (Phi) is 5.72. The number of aryl methyl sites for hydroxylation is 1. The highest BCUT2D eigenvalue weighted by Gasteiger charge is 2.02. The lowest BCUT2D eigenvalue weighted by Crippen LogP contribution is -1.90. The fourth-order valence-corrected chi connectivity index (χ4v) is 1.67. The van der Waals surface area contributed by atoms with Crippen LogP contribution in [0.2, 0.25) is 0 Å². The lowest BCUT2D eigenvalue weighted by atomic mass is 10.1. The minimum Gasteiger partial charge on any atom is -0.504 e. The molecule has 3 nitrogen and oxygen atoms in total. The molecule has 0 radical (unpaired) electrons. The fourth-order valence-electron chi connectivity index (χ4n) is 1.67. The summed E-state index contributed by atoms with van der Waals surface area (Å²) in [6.07, 6.45) is 5.18. The van der Waals surface area contributed by atoms with Crippen LogP contribution in [0, 0.1) is 0 Å². The molecule has 1 aromatic carbocycles. The van der Waals surface area contributed by atoms with Crippen molar-refractivity contribution in [3.63, 3.8) is 0 Å². The third-order valence-corrected chi connectivity index (χ3v) is 2.62. The number of phenols is 1. The number of benzene rings is 1. The van der Waals surface area contributed by atoms with Crippen LogP contribution in [0.1, 0.15) is 31.2 Å². The van der Waals surface area contributed by atoms with Gasteiger partial charge in [-0.1, -0.05) is 18.9 Å². The number of phenolic OH excluding ortho intramolecular Hbond substituents is 1. The lowest BCUT2D eigenvalue weighted by Gasteiger charge is -2.06. The molecule has 0 saturated heterocycles. The second-order valence-electron chi connectivity index (χ2n) is 3.89. The Morgan fingerprint density at radius 1 is 1.12 bits per heavy atom. The van der Waals surface area contributed by atoms with Gasteiger partial charge in [0.1, 0.15) is 0 Å². The van der Waals surface area contributed by atoms with E-state index in [1.807, 2.05) is 12.1 Å². The van der Waals surface area contributed by atoms with Gasteiger partial charge in [0.2, 0.25) is 0 Å². The van der Waals surface area contributed by atoms with Crippen LogP contribution in [0.5, 0.6) is 11.5 Å². The van der Waals surface area contributed by atoms with Crippen molar-refractivity contribution in [3.05, 3.63) is 23.8 Å². The summed E-state index contributed by atoms with van der Waals surface area (Å²) in [4.78, 5) is 0. The molecule has 0 aliphatic rings. The molecule has 0 heterocycles. The highest BCUT2D eigenvalue weighted by Crippen LogP contribution is 2.26. The number of methoxy groups -OCH3 is 1. The average Bonchev–Trinajstić information content (AvgIpc) is 2.31. The molecule has 0 amide bonds. The van der Waals surface area contributed by atoms with Gasteiger partial charge in [-0.15, -0.1) is 0 Å². The van der Waals surface area contributed by atoms with E-state index in [2.05, 4.69) is 0 Å². The second-order valence-corrected chi connectivity index (χ2v) is 3.89. The molecular formula is C13H20O3. The van der Waals surface area contributed by atoms with Crippen molar-refractivity contribution in [1.82, 2.24) is 0 Å². The molecule has 0 atom stereocenters. The molecule has 0 fully saturated rings. The van der Waals surface area contributed by atoms with E-state index in [1.165, 1.54) is 5.56 Å². The van der Waals surface area contributed by atoms with Crippen LogP contribution in [0.4, 0.5) is 0 Å².